The zero-order valence-corrected chi connectivity index (χ0v) is 23.1. The number of nitrogens with zero attached hydrogens (tertiary/aromatic N) is 1. The van der Waals surface area contributed by atoms with Gasteiger partial charge in [0.1, 0.15) is 12.5 Å². The van der Waals surface area contributed by atoms with Crippen LogP contribution in [0.5, 0.6) is 0 Å². The molecule has 0 aliphatic heterocycles. The Labute approximate surface area is 235 Å². The highest BCUT2D eigenvalue weighted by Crippen LogP contribution is 2.33. The third-order valence-corrected chi connectivity index (χ3v) is 7.16. The van der Waals surface area contributed by atoms with Crippen LogP contribution in [0.1, 0.15) is 78.5 Å². The van der Waals surface area contributed by atoms with E-state index in [4.69, 9.17) is 4.74 Å². The summed E-state index contributed by atoms with van der Waals surface area (Å²) >= 11 is 0. The number of benzene rings is 3. The number of para-hydroxylation sites is 1. The molecule has 208 valence electrons. The first-order chi connectivity index (χ1) is 19.4. The normalized spacial score (nSPS) is 14.2. The Balaban J connectivity index is 1.84. The molecule has 0 aromatic heterocycles. The summed E-state index contributed by atoms with van der Waals surface area (Å²) in [6, 6.07) is 21.8. The number of carbonyl (C=O) groups excluding carboxylic acids is 4. The molecule has 3 aromatic rings. The number of aryl methyl sites for hydroxylation is 1. The number of hydrogen-bond acceptors (Lipinski definition) is 5. The molecular weight excluding hydrogens is 504 g/mol. The number of nitrogens with one attached hydrogen (secondary N) is 1. The molecule has 3 aromatic carbocycles. The second kappa shape index (κ2) is 13.7. The lowest BCUT2D eigenvalue weighted by Gasteiger charge is -2.34. The Kier molecular flexibility index (Phi) is 9.84. The highest BCUT2D eigenvalue weighted by molar-refractivity contribution is 6.16. The Morgan fingerprint density at radius 2 is 1.52 bits per heavy atom. The van der Waals surface area contributed by atoms with Gasteiger partial charge in [-0.25, -0.2) is 0 Å². The van der Waals surface area contributed by atoms with Crippen molar-refractivity contribution in [2.75, 3.05) is 11.5 Å². The van der Waals surface area contributed by atoms with Crippen molar-refractivity contribution in [2.45, 2.75) is 64.5 Å². The van der Waals surface area contributed by atoms with Gasteiger partial charge in [0.25, 0.3) is 0 Å². The van der Waals surface area contributed by atoms with E-state index in [1.165, 1.54) is 4.90 Å². The molecular formula is C33H36N2O5. The third-order valence-electron chi connectivity index (χ3n) is 7.16. The standard InChI is InChI=1S/C33H36N2O5/c1-3-40-30(37)22-29(36)35(28-17-11-10-16-27(28)32(38)25-12-6-4-7-13-25)31(24-20-18-23(2)19-21-24)33(39)34-26-14-8-5-9-15-26/h4,6-7,10-13,16-21,26,31H,3,5,8-9,14-15,22H2,1-2H3,(H,34,39). The largest absolute Gasteiger partial charge is 0.466 e. The summed E-state index contributed by atoms with van der Waals surface area (Å²) < 4.78 is 5.07. The van der Waals surface area contributed by atoms with E-state index in [1.807, 2.05) is 37.3 Å². The van der Waals surface area contributed by atoms with E-state index in [9.17, 15) is 19.2 Å². The molecule has 0 radical (unpaired) electrons. The molecule has 1 unspecified atom stereocenters. The topological polar surface area (TPSA) is 92.8 Å². The molecule has 2 amide bonds. The lowest BCUT2D eigenvalue weighted by atomic mass is 9.94. The molecule has 1 saturated carbocycles. The van der Waals surface area contributed by atoms with Gasteiger partial charge >= 0.3 is 5.97 Å². The fourth-order valence-electron chi connectivity index (χ4n) is 5.15. The third kappa shape index (κ3) is 7.03. The van der Waals surface area contributed by atoms with E-state index >= 15 is 0 Å². The molecule has 0 saturated heterocycles. The summed E-state index contributed by atoms with van der Waals surface area (Å²) in [4.78, 5) is 55.5. The molecule has 4 rings (SSSR count). The molecule has 0 bridgehead atoms. The van der Waals surface area contributed by atoms with Crippen LogP contribution < -0.4 is 10.2 Å². The van der Waals surface area contributed by atoms with Crippen LogP contribution in [0.15, 0.2) is 78.9 Å². The van der Waals surface area contributed by atoms with Gasteiger partial charge in [-0.15, -0.1) is 0 Å². The van der Waals surface area contributed by atoms with Crippen molar-refractivity contribution >= 4 is 29.3 Å². The first kappa shape index (κ1) is 28.7. The molecule has 7 heteroatoms. The smallest absolute Gasteiger partial charge is 0.315 e. The minimum absolute atomic E-state index is 0.00241. The predicted molar refractivity (Wildman–Crippen MR) is 154 cm³/mol. The SMILES string of the molecule is CCOC(=O)CC(=O)N(c1ccccc1C(=O)c1ccccc1)C(C(=O)NC1CCCCC1)c1ccc(C)cc1. The van der Waals surface area contributed by atoms with Crippen molar-refractivity contribution in [1.29, 1.82) is 0 Å². The summed E-state index contributed by atoms with van der Waals surface area (Å²) in [5, 5.41) is 3.16. The Morgan fingerprint density at radius 3 is 2.20 bits per heavy atom. The van der Waals surface area contributed by atoms with Crippen LogP contribution in [0.3, 0.4) is 0 Å². The van der Waals surface area contributed by atoms with Gasteiger partial charge in [0.2, 0.25) is 11.8 Å². The molecule has 0 spiro atoms. The van der Waals surface area contributed by atoms with Crippen LogP contribution in [-0.2, 0) is 19.1 Å². The number of carbonyl (C=O) groups is 4. The van der Waals surface area contributed by atoms with Crippen LogP contribution in [0.25, 0.3) is 0 Å². The van der Waals surface area contributed by atoms with Crippen LogP contribution in [0, 0.1) is 6.92 Å². The molecule has 1 N–H and O–H groups in total. The van der Waals surface area contributed by atoms with E-state index in [-0.39, 0.29) is 35.6 Å². The Hall–Kier alpha value is -4.26. The van der Waals surface area contributed by atoms with E-state index in [0.29, 0.717) is 11.1 Å². The van der Waals surface area contributed by atoms with Crippen LogP contribution >= 0.6 is 0 Å². The van der Waals surface area contributed by atoms with Gasteiger partial charge < -0.3 is 10.1 Å². The van der Waals surface area contributed by atoms with Gasteiger partial charge in [0.15, 0.2) is 5.78 Å². The summed E-state index contributed by atoms with van der Waals surface area (Å²) in [5.41, 5.74) is 2.55. The fourth-order valence-corrected chi connectivity index (χ4v) is 5.15. The Bertz CT molecular complexity index is 1330. The van der Waals surface area contributed by atoms with Crippen LogP contribution in [-0.4, -0.2) is 36.2 Å². The van der Waals surface area contributed by atoms with Gasteiger partial charge in [-0.3, -0.25) is 24.1 Å². The zero-order chi connectivity index (χ0) is 28.5. The lowest BCUT2D eigenvalue weighted by Crippen LogP contribution is -2.48. The molecule has 1 aliphatic rings. The second-order valence-electron chi connectivity index (χ2n) is 10.1. The molecule has 0 heterocycles. The molecule has 40 heavy (non-hydrogen) atoms. The first-order valence-electron chi connectivity index (χ1n) is 13.9. The van der Waals surface area contributed by atoms with Crippen molar-refractivity contribution in [3.63, 3.8) is 0 Å². The van der Waals surface area contributed by atoms with E-state index in [0.717, 1.165) is 37.7 Å². The van der Waals surface area contributed by atoms with Crippen molar-refractivity contribution in [3.8, 4) is 0 Å². The maximum atomic E-state index is 14.1. The number of amides is 2. The van der Waals surface area contributed by atoms with E-state index in [2.05, 4.69) is 5.32 Å². The van der Waals surface area contributed by atoms with Crippen LogP contribution in [0.2, 0.25) is 0 Å². The molecule has 1 fully saturated rings. The van der Waals surface area contributed by atoms with Gasteiger partial charge in [0, 0.05) is 17.2 Å². The molecule has 7 nitrogen and oxygen atoms in total. The maximum absolute atomic E-state index is 14.1. The minimum atomic E-state index is -1.10. The van der Waals surface area contributed by atoms with Crippen molar-refractivity contribution in [1.82, 2.24) is 5.32 Å². The van der Waals surface area contributed by atoms with Gasteiger partial charge in [-0.1, -0.05) is 91.6 Å². The Morgan fingerprint density at radius 1 is 0.875 bits per heavy atom. The first-order valence-corrected chi connectivity index (χ1v) is 13.9. The highest BCUT2D eigenvalue weighted by Gasteiger charge is 2.36. The maximum Gasteiger partial charge on any atom is 0.315 e. The van der Waals surface area contributed by atoms with Gasteiger partial charge in [-0.2, -0.15) is 0 Å². The van der Waals surface area contributed by atoms with Gasteiger partial charge in [0.05, 0.1) is 12.3 Å². The summed E-state index contributed by atoms with van der Waals surface area (Å²) in [5.74, 6) is -1.97. The minimum Gasteiger partial charge on any atom is -0.466 e. The molecule has 1 atom stereocenters. The average Bonchev–Trinajstić information content (AvgIpc) is 2.97. The highest BCUT2D eigenvalue weighted by atomic mass is 16.5. The van der Waals surface area contributed by atoms with E-state index in [1.54, 1.807) is 55.5 Å². The number of ketones is 1. The number of rotatable bonds is 10. The van der Waals surface area contributed by atoms with Crippen LogP contribution in [0.4, 0.5) is 5.69 Å². The monoisotopic (exact) mass is 540 g/mol. The fraction of sp³-hybridized carbons (Fsp3) is 0.333. The average molecular weight is 541 g/mol. The second-order valence-corrected chi connectivity index (χ2v) is 10.1. The number of ether oxygens (including phenoxy) is 1. The van der Waals surface area contributed by atoms with Crippen molar-refractivity contribution < 1.29 is 23.9 Å². The van der Waals surface area contributed by atoms with Crippen molar-refractivity contribution in [3.05, 3.63) is 101 Å². The van der Waals surface area contributed by atoms with Gasteiger partial charge in [-0.05, 0) is 44.4 Å². The summed E-state index contributed by atoms with van der Waals surface area (Å²) in [6.07, 6.45) is 4.35. The zero-order valence-electron chi connectivity index (χ0n) is 23.1. The number of esters is 1. The molecule has 1 aliphatic carbocycles. The quantitative estimate of drug-likeness (QED) is 0.202. The number of anilines is 1. The van der Waals surface area contributed by atoms with E-state index < -0.39 is 24.3 Å². The number of hydrogen-bond donors (Lipinski definition) is 1. The summed E-state index contributed by atoms with van der Waals surface area (Å²) in [6.45, 7) is 3.73. The lowest BCUT2D eigenvalue weighted by molar-refractivity contribution is -0.146. The van der Waals surface area contributed by atoms with Crippen molar-refractivity contribution in [2.24, 2.45) is 0 Å². The predicted octanol–water partition coefficient (Wildman–Crippen LogP) is 5.70. The summed E-state index contributed by atoms with van der Waals surface area (Å²) in [7, 11) is 0.